The third-order valence-corrected chi connectivity index (χ3v) is 2.90. The maximum absolute atomic E-state index is 11.7. The van der Waals surface area contributed by atoms with Crippen molar-refractivity contribution in [3.8, 4) is 11.5 Å². The molecule has 0 atom stereocenters. The summed E-state index contributed by atoms with van der Waals surface area (Å²) >= 11 is 0. The monoisotopic (exact) mass is 291 g/mol. The Balaban J connectivity index is 1.96. The first-order valence-corrected chi connectivity index (χ1v) is 6.86. The molecule has 2 aromatic heterocycles. The Morgan fingerprint density at radius 1 is 1.38 bits per heavy atom. The van der Waals surface area contributed by atoms with Crippen LogP contribution in [-0.2, 0) is 16.1 Å². The molecule has 0 aromatic carbocycles. The summed E-state index contributed by atoms with van der Waals surface area (Å²) in [6.07, 6.45) is 3.25. The van der Waals surface area contributed by atoms with Gasteiger partial charge in [-0.3, -0.25) is 18.9 Å². The number of unbranched alkanes of at least 4 members (excludes halogenated alkanes) is 1. The number of ether oxygens (including phenoxy) is 1. The predicted octanol–water partition coefficient (Wildman–Crippen LogP) is 1.63. The van der Waals surface area contributed by atoms with E-state index >= 15 is 0 Å². The topological polar surface area (TPSA) is 87.2 Å². The van der Waals surface area contributed by atoms with E-state index in [1.165, 1.54) is 4.57 Å². The first-order chi connectivity index (χ1) is 10.2. The van der Waals surface area contributed by atoms with E-state index in [0.717, 1.165) is 0 Å². The van der Waals surface area contributed by atoms with E-state index in [4.69, 9.17) is 9.26 Å². The van der Waals surface area contributed by atoms with Gasteiger partial charge in [0.15, 0.2) is 0 Å². The summed E-state index contributed by atoms with van der Waals surface area (Å²) in [6, 6.07) is 5.35. The van der Waals surface area contributed by atoms with Crippen LogP contribution in [-0.4, -0.2) is 27.3 Å². The third-order valence-electron chi connectivity index (χ3n) is 2.90. The van der Waals surface area contributed by atoms with Gasteiger partial charge < -0.3 is 4.74 Å². The van der Waals surface area contributed by atoms with E-state index in [9.17, 15) is 9.59 Å². The quantitative estimate of drug-likeness (QED) is 0.569. The van der Waals surface area contributed by atoms with Gasteiger partial charge in [-0.2, -0.15) is 0 Å². The number of pyridine rings is 1. The third kappa shape index (κ3) is 4.01. The van der Waals surface area contributed by atoms with Crippen LogP contribution in [0.1, 0.15) is 26.2 Å². The number of aromatic nitrogens is 3. The molecule has 21 heavy (non-hydrogen) atoms. The maximum Gasteiger partial charge on any atom is 0.441 e. The highest BCUT2D eigenvalue weighted by Crippen LogP contribution is 2.12. The van der Waals surface area contributed by atoms with Crippen LogP contribution in [0.3, 0.4) is 0 Å². The fourth-order valence-corrected chi connectivity index (χ4v) is 1.92. The molecule has 0 aliphatic carbocycles. The van der Waals surface area contributed by atoms with Gasteiger partial charge >= 0.3 is 11.7 Å². The van der Waals surface area contributed by atoms with Crippen LogP contribution in [0.5, 0.6) is 0 Å². The summed E-state index contributed by atoms with van der Waals surface area (Å²) in [4.78, 5) is 27.0. The van der Waals surface area contributed by atoms with Gasteiger partial charge in [-0.1, -0.05) is 11.2 Å². The smallest absolute Gasteiger partial charge is 0.441 e. The van der Waals surface area contributed by atoms with Crippen LogP contribution in [0, 0.1) is 0 Å². The molecule has 0 bridgehead atoms. The van der Waals surface area contributed by atoms with Crippen molar-refractivity contribution in [2.24, 2.45) is 0 Å². The van der Waals surface area contributed by atoms with Gasteiger partial charge in [0.05, 0.1) is 6.61 Å². The van der Waals surface area contributed by atoms with E-state index in [-0.39, 0.29) is 5.97 Å². The van der Waals surface area contributed by atoms with Crippen molar-refractivity contribution in [3.05, 3.63) is 34.9 Å². The molecule has 0 fully saturated rings. The minimum absolute atomic E-state index is 0.222. The molecule has 2 aromatic rings. The lowest BCUT2D eigenvalue weighted by Crippen LogP contribution is -2.16. The van der Waals surface area contributed by atoms with Crippen LogP contribution in [0.15, 0.2) is 33.7 Å². The molecule has 7 heteroatoms. The number of hydrogen-bond donors (Lipinski definition) is 0. The number of esters is 1. The van der Waals surface area contributed by atoms with Crippen molar-refractivity contribution in [1.82, 2.24) is 14.7 Å². The molecule has 0 aliphatic rings. The Hall–Kier alpha value is -2.44. The first-order valence-electron chi connectivity index (χ1n) is 6.86. The maximum atomic E-state index is 11.7. The Morgan fingerprint density at radius 2 is 2.24 bits per heavy atom. The van der Waals surface area contributed by atoms with Gasteiger partial charge in [0.25, 0.3) is 0 Å². The first kappa shape index (κ1) is 15.0. The number of hydrogen-bond acceptors (Lipinski definition) is 6. The SMILES string of the molecule is CCOC(=O)CCCCn1c(-c2ccccn2)noc1=O. The molecule has 0 spiro atoms. The molecular weight excluding hydrogens is 274 g/mol. The summed E-state index contributed by atoms with van der Waals surface area (Å²) < 4.78 is 11.0. The summed E-state index contributed by atoms with van der Waals surface area (Å²) in [5, 5.41) is 3.75. The van der Waals surface area contributed by atoms with Crippen LogP contribution in [0.2, 0.25) is 0 Å². The molecule has 0 N–H and O–H groups in total. The van der Waals surface area contributed by atoms with Gasteiger partial charge in [0.1, 0.15) is 5.69 Å². The van der Waals surface area contributed by atoms with Crippen molar-refractivity contribution >= 4 is 5.97 Å². The summed E-state index contributed by atoms with van der Waals surface area (Å²) in [5.74, 6) is -0.344. The highest BCUT2D eigenvalue weighted by Gasteiger charge is 2.13. The minimum atomic E-state index is -0.521. The average Bonchev–Trinajstić information content (AvgIpc) is 2.86. The molecule has 2 heterocycles. The highest BCUT2D eigenvalue weighted by molar-refractivity contribution is 5.69. The molecule has 0 radical (unpaired) electrons. The number of rotatable bonds is 7. The van der Waals surface area contributed by atoms with E-state index in [2.05, 4.69) is 10.1 Å². The van der Waals surface area contributed by atoms with Gasteiger partial charge in [0, 0.05) is 19.2 Å². The lowest BCUT2D eigenvalue weighted by Gasteiger charge is -2.04. The molecule has 0 saturated carbocycles. The van der Waals surface area contributed by atoms with Crippen LogP contribution >= 0.6 is 0 Å². The standard InChI is InChI=1S/C14H17N3O4/c1-2-20-12(18)8-4-6-10-17-13(16-21-14(17)19)11-7-3-5-9-15-11/h3,5,7,9H,2,4,6,8,10H2,1H3. The molecular formula is C14H17N3O4. The van der Waals surface area contributed by atoms with Crippen LogP contribution in [0.25, 0.3) is 11.5 Å². The van der Waals surface area contributed by atoms with Gasteiger partial charge in [0.2, 0.25) is 5.82 Å². The average molecular weight is 291 g/mol. The lowest BCUT2D eigenvalue weighted by atomic mass is 10.2. The molecule has 0 amide bonds. The molecule has 2 rings (SSSR count). The van der Waals surface area contributed by atoms with E-state index in [0.29, 0.717) is 43.9 Å². The van der Waals surface area contributed by atoms with E-state index in [1.807, 2.05) is 6.07 Å². The fourth-order valence-electron chi connectivity index (χ4n) is 1.92. The fraction of sp³-hybridized carbons (Fsp3) is 0.429. The summed E-state index contributed by atoms with van der Waals surface area (Å²) in [6.45, 7) is 2.58. The molecule has 0 unspecified atom stereocenters. The van der Waals surface area contributed by atoms with Crippen molar-refractivity contribution in [1.29, 1.82) is 0 Å². The Kier molecular flexibility index (Phi) is 5.25. The number of carbonyl (C=O) groups excluding carboxylic acids is 1. The van der Waals surface area contributed by atoms with Crippen LogP contribution in [0.4, 0.5) is 0 Å². The molecule has 7 nitrogen and oxygen atoms in total. The van der Waals surface area contributed by atoms with E-state index in [1.54, 1.807) is 25.3 Å². The second-order valence-corrected chi connectivity index (χ2v) is 4.40. The predicted molar refractivity (Wildman–Crippen MR) is 74.5 cm³/mol. The normalized spacial score (nSPS) is 10.5. The zero-order chi connectivity index (χ0) is 15.1. The molecule has 0 saturated heterocycles. The number of nitrogens with zero attached hydrogens (tertiary/aromatic N) is 3. The largest absolute Gasteiger partial charge is 0.466 e. The number of carbonyl (C=O) groups is 1. The Labute approximate surface area is 121 Å². The second kappa shape index (κ2) is 7.37. The summed E-state index contributed by atoms with van der Waals surface area (Å²) in [7, 11) is 0. The second-order valence-electron chi connectivity index (χ2n) is 4.40. The molecule has 0 aliphatic heterocycles. The van der Waals surface area contributed by atoms with Gasteiger partial charge in [-0.15, -0.1) is 0 Å². The highest BCUT2D eigenvalue weighted by atomic mass is 16.5. The van der Waals surface area contributed by atoms with Gasteiger partial charge in [-0.05, 0) is 31.9 Å². The van der Waals surface area contributed by atoms with E-state index < -0.39 is 5.76 Å². The Morgan fingerprint density at radius 3 is 2.95 bits per heavy atom. The van der Waals surface area contributed by atoms with Crippen molar-refractivity contribution < 1.29 is 14.1 Å². The zero-order valence-corrected chi connectivity index (χ0v) is 11.8. The lowest BCUT2D eigenvalue weighted by molar-refractivity contribution is -0.143. The van der Waals surface area contributed by atoms with Crippen LogP contribution < -0.4 is 5.76 Å². The Bertz CT molecular complexity index is 633. The zero-order valence-electron chi connectivity index (χ0n) is 11.8. The van der Waals surface area contributed by atoms with Crippen molar-refractivity contribution in [3.63, 3.8) is 0 Å². The minimum Gasteiger partial charge on any atom is -0.466 e. The van der Waals surface area contributed by atoms with Crippen molar-refractivity contribution in [2.45, 2.75) is 32.7 Å². The molecule has 112 valence electrons. The van der Waals surface area contributed by atoms with Gasteiger partial charge in [-0.25, -0.2) is 4.79 Å². The summed E-state index contributed by atoms with van der Waals surface area (Å²) in [5.41, 5.74) is 0.578. The van der Waals surface area contributed by atoms with Crippen molar-refractivity contribution in [2.75, 3.05) is 6.61 Å².